The zero-order valence-corrected chi connectivity index (χ0v) is 10.6. The van der Waals surface area contributed by atoms with Crippen LogP contribution in [-0.2, 0) is 9.84 Å². The third kappa shape index (κ3) is 2.97. The molecule has 0 aromatic heterocycles. The predicted octanol–water partition coefficient (Wildman–Crippen LogP) is 2.12. The number of sulfone groups is 1. The van der Waals surface area contributed by atoms with Crippen LogP contribution >= 0.6 is 0 Å². The van der Waals surface area contributed by atoms with Crippen LogP contribution in [0.2, 0.25) is 0 Å². The average molecular weight is 257 g/mol. The minimum atomic E-state index is -2.84. The first kappa shape index (κ1) is 12.4. The van der Waals surface area contributed by atoms with Gasteiger partial charge in [0.05, 0.1) is 11.5 Å². The second-order valence-corrected chi connectivity index (χ2v) is 6.79. The van der Waals surface area contributed by atoms with Crippen molar-refractivity contribution in [2.75, 3.05) is 16.8 Å². The molecule has 1 fully saturated rings. The van der Waals surface area contributed by atoms with Gasteiger partial charge in [-0.3, -0.25) is 0 Å². The first-order chi connectivity index (χ1) is 7.98. The number of benzene rings is 1. The Morgan fingerprint density at radius 2 is 1.94 bits per heavy atom. The molecule has 1 aromatic rings. The highest BCUT2D eigenvalue weighted by molar-refractivity contribution is 7.91. The summed E-state index contributed by atoms with van der Waals surface area (Å²) in [6.45, 7) is 1.72. The van der Waals surface area contributed by atoms with Crippen molar-refractivity contribution in [1.82, 2.24) is 0 Å². The maximum Gasteiger partial charge on any atom is 0.150 e. The van der Waals surface area contributed by atoms with Crippen LogP contribution in [0.3, 0.4) is 0 Å². The van der Waals surface area contributed by atoms with Gasteiger partial charge in [0, 0.05) is 17.3 Å². The van der Waals surface area contributed by atoms with Gasteiger partial charge in [-0.15, -0.1) is 0 Å². The normalized spacial score (nSPS) is 20.1. The highest BCUT2D eigenvalue weighted by atomic mass is 32.2. The maximum atomic E-state index is 13.3. The van der Waals surface area contributed by atoms with E-state index in [0.717, 1.165) is 5.69 Å². The Morgan fingerprint density at radius 1 is 1.29 bits per heavy atom. The number of anilines is 1. The first-order valence-corrected chi connectivity index (χ1v) is 7.52. The largest absolute Gasteiger partial charge is 0.382 e. The molecule has 1 aromatic carbocycles. The summed E-state index contributed by atoms with van der Waals surface area (Å²) in [6.07, 6.45) is 1.19. The number of nitrogens with one attached hydrogen (secondary N) is 1. The van der Waals surface area contributed by atoms with Crippen LogP contribution < -0.4 is 5.32 Å². The third-order valence-corrected chi connectivity index (χ3v) is 4.90. The Bertz CT molecular complexity index is 499. The van der Waals surface area contributed by atoms with E-state index in [0.29, 0.717) is 18.4 Å². The molecular formula is C12H16FNO2S. The standard InChI is InChI=1S/C12H16FNO2S/c1-9-11(13)3-2-4-12(9)14-10-5-7-17(15,16)8-6-10/h2-4,10,14H,5-8H2,1H3. The fourth-order valence-corrected chi connectivity index (χ4v) is 3.51. The maximum absolute atomic E-state index is 13.3. The molecule has 0 atom stereocenters. The average Bonchev–Trinajstić information content (AvgIpc) is 2.27. The summed E-state index contributed by atoms with van der Waals surface area (Å²) in [5, 5.41) is 3.22. The van der Waals surface area contributed by atoms with Crippen molar-refractivity contribution in [3.05, 3.63) is 29.6 Å². The lowest BCUT2D eigenvalue weighted by atomic mass is 10.1. The summed E-state index contributed by atoms with van der Waals surface area (Å²) >= 11 is 0. The molecular weight excluding hydrogens is 241 g/mol. The molecule has 3 nitrogen and oxygen atoms in total. The van der Waals surface area contributed by atoms with Crippen molar-refractivity contribution in [2.24, 2.45) is 0 Å². The molecule has 1 saturated heterocycles. The van der Waals surface area contributed by atoms with Gasteiger partial charge in [-0.05, 0) is 31.9 Å². The zero-order chi connectivity index (χ0) is 12.5. The van der Waals surface area contributed by atoms with E-state index in [9.17, 15) is 12.8 Å². The van der Waals surface area contributed by atoms with Crippen LogP contribution in [0.15, 0.2) is 18.2 Å². The predicted molar refractivity (Wildman–Crippen MR) is 66.4 cm³/mol. The Labute approximate surface area is 101 Å². The van der Waals surface area contributed by atoms with Gasteiger partial charge in [0.25, 0.3) is 0 Å². The van der Waals surface area contributed by atoms with Crippen molar-refractivity contribution in [1.29, 1.82) is 0 Å². The van der Waals surface area contributed by atoms with Crippen LogP contribution in [0.25, 0.3) is 0 Å². The van der Waals surface area contributed by atoms with E-state index in [1.54, 1.807) is 13.0 Å². The summed E-state index contributed by atoms with van der Waals surface area (Å²) in [7, 11) is -2.84. The van der Waals surface area contributed by atoms with Crippen molar-refractivity contribution in [3.63, 3.8) is 0 Å². The van der Waals surface area contributed by atoms with Crippen molar-refractivity contribution in [2.45, 2.75) is 25.8 Å². The van der Waals surface area contributed by atoms with E-state index in [2.05, 4.69) is 5.32 Å². The van der Waals surface area contributed by atoms with E-state index in [1.807, 2.05) is 6.07 Å². The van der Waals surface area contributed by atoms with Gasteiger partial charge in [0.15, 0.2) is 0 Å². The number of rotatable bonds is 2. The van der Waals surface area contributed by atoms with E-state index in [-0.39, 0.29) is 23.4 Å². The van der Waals surface area contributed by atoms with Gasteiger partial charge in [-0.25, -0.2) is 12.8 Å². The Kier molecular flexibility index (Phi) is 3.38. The Morgan fingerprint density at radius 3 is 2.59 bits per heavy atom. The summed E-state index contributed by atoms with van der Waals surface area (Å²) in [4.78, 5) is 0. The van der Waals surface area contributed by atoms with Gasteiger partial charge in [0.2, 0.25) is 0 Å². The summed E-state index contributed by atoms with van der Waals surface area (Å²) in [5.74, 6) is 0.205. The second kappa shape index (κ2) is 4.64. The zero-order valence-electron chi connectivity index (χ0n) is 9.74. The molecule has 0 unspecified atom stereocenters. The van der Waals surface area contributed by atoms with Gasteiger partial charge in [0.1, 0.15) is 15.7 Å². The van der Waals surface area contributed by atoms with Crippen LogP contribution in [0.5, 0.6) is 0 Å². The molecule has 5 heteroatoms. The topological polar surface area (TPSA) is 46.2 Å². The fourth-order valence-electron chi connectivity index (χ4n) is 2.02. The molecule has 0 amide bonds. The molecule has 0 saturated carbocycles. The smallest absolute Gasteiger partial charge is 0.150 e. The molecule has 17 heavy (non-hydrogen) atoms. The lowest BCUT2D eigenvalue weighted by Gasteiger charge is -2.24. The molecule has 1 aliphatic heterocycles. The minimum absolute atomic E-state index is 0.124. The molecule has 1 N–H and O–H groups in total. The molecule has 0 bridgehead atoms. The lowest BCUT2D eigenvalue weighted by Crippen LogP contribution is -2.32. The highest BCUT2D eigenvalue weighted by Crippen LogP contribution is 2.22. The van der Waals surface area contributed by atoms with Crippen LogP contribution in [0.1, 0.15) is 18.4 Å². The van der Waals surface area contributed by atoms with Gasteiger partial charge >= 0.3 is 0 Å². The molecule has 1 heterocycles. The highest BCUT2D eigenvalue weighted by Gasteiger charge is 2.23. The van der Waals surface area contributed by atoms with Gasteiger partial charge < -0.3 is 5.32 Å². The summed E-state index contributed by atoms with van der Waals surface area (Å²) in [6, 6.07) is 5.02. The van der Waals surface area contributed by atoms with E-state index >= 15 is 0 Å². The molecule has 1 aliphatic rings. The minimum Gasteiger partial charge on any atom is -0.382 e. The fraction of sp³-hybridized carbons (Fsp3) is 0.500. The molecule has 0 radical (unpaired) electrons. The van der Waals surface area contributed by atoms with Crippen LogP contribution in [-0.4, -0.2) is 26.0 Å². The SMILES string of the molecule is Cc1c(F)cccc1NC1CCS(=O)(=O)CC1. The Balaban J connectivity index is 2.05. The molecule has 2 rings (SSSR count). The Hall–Kier alpha value is -1.10. The van der Waals surface area contributed by atoms with E-state index in [1.165, 1.54) is 6.07 Å². The lowest BCUT2D eigenvalue weighted by molar-refractivity contribution is 0.559. The number of halogens is 1. The monoisotopic (exact) mass is 257 g/mol. The number of hydrogen-bond acceptors (Lipinski definition) is 3. The van der Waals surface area contributed by atoms with Crippen molar-refractivity contribution >= 4 is 15.5 Å². The number of hydrogen-bond donors (Lipinski definition) is 1. The summed E-state index contributed by atoms with van der Waals surface area (Å²) < 4.78 is 35.9. The molecule has 0 aliphatic carbocycles. The second-order valence-electron chi connectivity index (χ2n) is 4.48. The van der Waals surface area contributed by atoms with Crippen molar-refractivity contribution < 1.29 is 12.8 Å². The van der Waals surface area contributed by atoms with Gasteiger partial charge in [-0.1, -0.05) is 6.07 Å². The van der Waals surface area contributed by atoms with Crippen LogP contribution in [0, 0.1) is 12.7 Å². The van der Waals surface area contributed by atoms with Crippen LogP contribution in [0.4, 0.5) is 10.1 Å². The van der Waals surface area contributed by atoms with E-state index < -0.39 is 9.84 Å². The van der Waals surface area contributed by atoms with E-state index in [4.69, 9.17) is 0 Å². The first-order valence-electron chi connectivity index (χ1n) is 5.70. The quantitative estimate of drug-likeness (QED) is 0.882. The molecule has 0 spiro atoms. The molecule has 94 valence electrons. The third-order valence-electron chi connectivity index (χ3n) is 3.18. The van der Waals surface area contributed by atoms with Gasteiger partial charge in [-0.2, -0.15) is 0 Å². The summed E-state index contributed by atoms with van der Waals surface area (Å²) in [5.41, 5.74) is 1.34. The van der Waals surface area contributed by atoms with Crippen molar-refractivity contribution in [3.8, 4) is 0 Å².